The van der Waals surface area contributed by atoms with Gasteiger partial charge in [0.25, 0.3) is 0 Å². The van der Waals surface area contributed by atoms with E-state index in [0.29, 0.717) is 5.92 Å². The summed E-state index contributed by atoms with van der Waals surface area (Å²) >= 11 is 1.68. The fraction of sp³-hybridized carbons (Fsp3) is 0.733. The van der Waals surface area contributed by atoms with E-state index in [1.165, 1.54) is 25.7 Å². The van der Waals surface area contributed by atoms with Crippen molar-refractivity contribution in [2.75, 3.05) is 25.5 Å². The van der Waals surface area contributed by atoms with E-state index in [9.17, 15) is 4.79 Å². The normalized spacial score (nSPS) is 22.6. The molecule has 20 heavy (non-hydrogen) atoms. The van der Waals surface area contributed by atoms with Crippen LogP contribution in [0.4, 0.5) is 5.13 Å². The summed E-state index contributed by atoms with van der Waals surface area (Å²) in [5.41, 5.74) is 1.09. The molecule has 1 aliphatic rings. The Kier molecular flexibility index (Phi) is 5.40. The summed E-state index contributed by atoms with van der Waals surface area (Å²) < 4.78 is 0. The van der Waals surface area contributed by atoms with Gasteiger partial charge in [0.2, 0.25) is 5.91 Å². The summed E-state index contributed by atoms with van der Waals surface area (Å²) in [6, 6.07) is 0. The lowest BCUT2D eigenvalue weighted by atomic mass is 9.82. The van der Waals surface area contributed by atoms with E-state index in [-0.39, 0.29) is 5.91 Å². The molecule has 1 aromatic rings. The van der Waals surface area contributed by atoms with E-state index in [1.807, 2.05) is 18.9 Å². The summed E-state index contributed by atoms with van der Waals surface area (Å²) in [6.07, 6.45) is 4.99. The van der Waals surface area contributed by atoms with E-state index in [4.69, 9.17) is 0 Å². The minimum atomic E-state index is 0.174. The minimum absolute atomic E-state index is 0.174. The first-order valence-corrected chi connectivity index (χ1v) is 8.30. The van der Waals surface area contributed by atoms with Crippen LogP contribution in [0.1, 0.15) is 38.3 Å². The number of carbonyl (C=O) groups is 1. The number of anilines is 1. The Morgan fingerprint density at radius 3 is 2.60 bits per heavy atom. The third-order valence-corrected chi connectivity index (χ3v) is 5.11. The molecule has 0 aliphatic heterocycles. The average molecular weight is 295 g/mol. The van der Waals surface area contributed by atoms with Crippen molar-refractivity contribution in [2.24, 2.45) is 11.8 Å². The van der Waals surface area contributed by atoms with Crippen LogP contribution in [0.2, 0.25) is 0 Å². The summed E-state index contributed by atoms with van der Waals surface area (Å²) in [7, 11) is 1.90. The lowest BCUT2D eigenvalue weighted by Crippen LogP contribution is -2.32. The minimum Gasteiger partial charge on any atom is -0.361 e. The second kappa shape index (κ2) is 7.07. The molecular weight excluding hydrogens is 270 g/mol. The number of thiazole rings is 1. The van der Waals surface area contributed by atoms with Gasteiger partial charge in [0.15, 0.2) is 5.13 Å². The molecule has 1 heterocycles. The fourth-order valence-corrected chi connectivity index (χ4v) is 3.50. The molecule has 1 amide bonds. The van der Waals surface area contributed by atoms with Crippen LogP contribution in [0.5, 0.6) is 0 Å². The second-order valence-corrected chi connectivity index (χ2v) is 6.82. The van der Waals surface area contributed by atoms with Crippen molar-refractivity contribution in [1.82, 2.24) is 9.88 Å². The highest BCUT2D eigenvalue weighted by molar-refractivity contribution is 7.13. The van der Waals surface area contributed by atoms with Gasteiger partial charge < -0.3 is 10.2 Å². The van der Waals surface area contributed by atoms with Crippen LogP contribution >= 0.6 is 11.3 Å². The molecule has 1 saturated carbocycles. The van der Waals surface area contributed by atoms with Gasteiger partial charge in [0.05, 0.1) is 5.69 Å². The first-order valence-electron chi connectivity index (χ1n) is 7.42. The van der Waals surface area contributed by atoms with Gasteiger partial charge in [-0.1, -0.05) is 0 Å². The Bertz CT molecular complexity index is 438. The van der Waals surface area contributed by atoms with Gasteiger partial charge in [0.1, 0.15) is 0 Å². The van der Waals surface area contributed by atoms with Crippen LogP contribution in [-0.2, 0) is 4.79 Å². The van der Waals surface area contributed by atoms with Crippen LogP contribution in [-0.4, -0.2) is 35.9 Å². The molecule has 5 heteroatoms. The van der Waals surface area contributed by atoms with Gasteiger partial charge in [-0.25, -0.2) is 4.98 Å². The van der Waals surface area contributed by atoms with Crippen molar-refractivity contribution in [3.8, 4) is 0 Å². The Morgan fingerprint density at radius 1 is 1.40 bits per heavy atom. The molecule has 2 rings (SSSR count). The molecule has 4 nitrogen and oxygen atoms in total. The predicted octanol–water partition coefficient (Wildman–Crippen LogP) is 3.15. The van der Waals surface area contributed by atoms with Gasteiger partial charge in [0, 0.05) is 32.4 Å². The highest BCUT2D eigenvalue weighted by Crippen LogP contribution is 2.29. The molecular formula is C15H25N3OS. The number of hydrogen-bond donors (Lipinski definition) is 1. The van der Waals surface area contributed by atoms with Crippen LogP contribution in [0, 0.1) is 18.8 Å². The molecule has 1 aromatic heterocycles. The summed E-state index contributed by atoms with van der Waals surface area (Å²) in [6.45, 7) is 5.62. The van der Waals surface area contributed by atoms with Gasteiger partial charge >= 0.3 is 0 Å². The van der Waals surface area contributed by atoms with E-state index in [0.717, 1.165) is 29.8 Å². The van der Waals surface area contributed by atoms with E-state index >= 15 is 0 Å². The maximum atomic E-state index is 11.3. The molecule has 0 radical (unpaired) electrons. The fourth-order valence-electron chi connectivity index (χ4n) is 2.80. The van der Waals surface area contributed by atoms with E-state index < -0.39 is 0 Å². The number of hydrogen-bond acceptors (Lipinski definition) is 4. The SMILES string of the molecule is CC(=O)N(C)CC1CCC(CNc2nc(C)cs2)CC1. The van der Waals surface area contributed by atoms with Crippen LogP contribution in [0.25, 0.3) is 0 Å². The zero-order valence-corrected chi connectivity index (χ0v) is 13.5. The maximum Gasteiger partial charge on any atom is 0.219 e. The molecule has 0 saturated heterocycles. The van der Waals surface area contributed by atoms with Crippen molar-refractivity contribution in [3.63, 3.8) is 0 Å². The molecule has 0 bridgehead atoms. The molecule has 1 aliphatic carbocycles. The Labute approximate surface area is 125 Å². The molecule has 0 atom stereocenters. The third-order valence-electron chi connectivity index (χ3n) is 4.20. The van der Waals surface area contributed by atoms with Crippen molar-refractivity contribution in [3.05, 3.63) is 11.1 Å². The number of aryl methyl sites for hydroxylation is 1. The molecule has 1 N–H and O–H groups in total. The number of carbonyl (C=O) groups excluding carboxylic acids is 1. The number of rotatable bonds is 5. The lowest BCUT2D eigenvalue weighted by Gasteiger charge is -2.31. The van der Waals surface area contributed by atoms with E-state index in [1.54, 1.807) is 18.3 Å². The third kappa shape index (κ3) is 4.47. The average Bonchev–Trinajstić information content (AvgIpc) is 2.83. The Hall–Kier alpha value is -1.10. The largest absolute Gasteiger partial charge is 0.361 e. The summed E-state index contributed by atoms with van der Waals surface area (Å²) in [4.78, 5) is 17.5. The molecule has 112 valence electrons. The predicted molar refractivity (Wildman–Crippen MR) is 84.1 cm³/mol. The Balaban J connectivity index is 1.67. The number of nitrogens with one attached hydrogen (secondary N) is 1. The van der Waals surface area contributed by atoms with Crippen LogP contribution in [0.15, 0.2) is 5.38 Å². The van der Waals surface area contributed by atoms with E-state index in [2.05, 4.69) is 15.7 Å². The molecule has 0 aromatic carbocycles. The van der Waals surface area contributed by atoms with Crippen molar-refractivity contribution in [2.45, 2.75) is 39.5 Å². The van der Waals surface area contributed by atoms with Gasteiger partial charge in [-0.15, -0.1) is 11.3 Å². The summed E-state index contributed by atoms with van der Waals surface area (Å²) in [5.74, 6) is 1.60. The number of amides is 1. The highest BCUT2D eigenvalue weighted by atomic mass is 32.1. The van der Waals surface area contributed by atoms with Crippen LogP contribution in [0.3, 0.4) is 0 Å². The second-order valence-electron chi connectivity index (χ2n) is 5.96. The van der Waals surface area contributed by atoms with Gasteiger partial charge in [-0.2, -0.15) is 0 Å². The number of nitrogens with zero attached hydrogens (tertiary/aromatic N) is 2. The highest BCUT2D eigenvalue weighted by Gasteiger charge is 2.22. The standard InChI is InChI=1S/C15H25N3OS/c1-11-10-20-15(17-11)16-8-13-4-6-14(7-5-13)9-18(3)12(2)19/h10,13-14H,4-9H2,1-3H3,(H,16,17). The zero-order chi connectivity index (χ0) is 14.5. The molecule has 0 unspecified atom stereocenters. The lowest BCUT2D eigenvalue weighted by molar-refractivity contribution is -0.128. The van der Waals surface area contributed by atoms with Gasteiger partial charge in [-0.05, 0) is 44.4 Å². The first-order chi connectivity index (χ1) is 9.54. The molecule has 0 spiro atoms. The topological polar surface area (TPSA) is 45.2 Å². The van der Waals surface area contributed by atoms with Crippen molar-refractivity contribution >= 4 is 22.4 Å². The van der Waals surface area contributed by atoms with Crippen LogP contribution < -0.4 is 5.32 Å². The maximum absolute atomic E-state index is 11.3. The van der Waals surface area contributed by atoms with Crippen molar-refractivity contribution in [1.29, 1.82) is 0 Å². The quantitative estimate of drug-likeness (QED) is 0.907. The first kappa shape index (κ1) is 15.3. The number of aromatic nitrogens is 1. The zero-order valence-electron chi connectivity index (χ0n) is 12.7. The summed E-state index contributed by atoms with van der Waals surface area (Å²) in [5, 5.41) is 6.57. The smallest absolute Gasteiger partial charge is 0.219 e. The Morgan fingerprint density at radius 2 is 2.05 bits per heavy atom. The van der Waals surface area contributed by atoms with Gasteiger partial charge in [-0.3, -0.25) is 4.79 Å². The monoisotopic (exact) mass is 295 g/mol. The van der Waals surface area contributed by atoms with Crippen molar-refractivity contribution < 1.29 is 4.79 Å². The molecule has 1 fully saturated rings.